The van der Waals surface area contributed by atoms with Gasteiger partial charge in [0.15, 0.2) is 0 Å². The third-order valence-electron chi connectivity index (χ3n) is 3.06. The fraction of sp³-hybridized carbons (Fsp3) is 0.583. The molecular weight excluding hydrogens is 246 g/mol. The van der Waals surface area contributed by atoms with Crippen LogP contribution in [0.15, 0.2) is 12.4 Å². The first kappa shape index (κ1) is 13.2. The second kappa shape index (κ2) is 6.61. The van der Waals surface area contributed by atoms with Crippen LogP contribution in [-0.4, -0.2) is 46.0 Å². The predicted molar refractivity (Wildman–Crippen MR) is 76.7 cm³/mol. The second-order valence-electron chi connectivity index (χ2n) is 4.48. The summed E-state index contributed by atoms with van der Waals surface area (Å²) in [5.74, 6) is 0.774. The Labute approximate surface area is 113 Å². The summed E-state index contributed by atoms with van der Waals surface area (Å²) in [6.07, 6.45) is 7.09. The minimum Gasteiger partial charge on any atom is -0.388 e. The molecule has 1 aromatic rings. The molecule has 0 aliphatic carbocycles. The van der Waals surface area contributed by atoms with Gasteiger partial charge in [-0.3, -0.25) is 0 Å². The Balaban J connectivity index is 1.68. The first-order valence-electron chi connectivity index (χ1n) is 6.34. The zero-order valence-corrected chi connectivity index (χ0v) is 11.2. The van der Waals surface area contributed by atoms with Gasteiger partial charge < -0.3 is 16.0 Å². The molecule has 6 heteroatoms. The highest BCUT2D eigenvalue weighted by molar-refractivity contribution is 7.80. The van der Waals surface area contributed by atoms with Crippen molar-refractivity contribution >= 4 is 23.0 Å². The second-order valence-corrected chi connectivity index (χ2v) is 4.92. The largest absolute Gasteiger partial charge is 0.388 e. The zero-order valence-electron chi connectivity index (χ0n) is 10.4. The van der Waals surface area contributed by atoms with E-state index in [0.29, 0.717) is 5.69 Å². The number of nitrogens with one attached hydrogen (secondary N) is 1. The number of nitrogens with two attached hydrogens (primary N) is 1. The van der Waals surface area contributed by atoms with Crippen LogP contribution in [0.3, 0.4) is 0 Å². The number of rotatable bonds is 6. The van der Waals surface area contributed by atoms with Crippen molar-refractivity contribution in [3.05, 3.63) is 18.1 Å². The van der Waals surface area contributed by atoms with Crippen LogP contribution in [0.1, 0.15) is 25.0 Å². The Hall–Kier alpha value is -1.27. The summed E-state index contributed by atoms with van der Waals surface area (Å²) >= 11 is 4.82. The van der Waals surface area contributed by atoms with Gasteiger partial charge >= 0.3 is 0 Å². The zero-order chi connectivity index (χ0) is 12.8. The average molecular weight is 265 g/mol. The molecule has 1 aliphatic heterocycles. The van der Waals surface area contributed by atoms with Crippen molar-refractivity contribution in [2.75, 3.05) is 31.5 Å². The lowest BCUT2D eigenvalue weighted by Crippen LogP contribution is -2.22. The van der Waals surface area contributed by atoms with Gasteiger partial charge in [0.1, 0.15) is 16.5 Å². The minimum atomic E-state index is 0.281. The van der Waals surface area contributed by atoms with Crippen molar-refractivity contribution in [2.24, 2.45) is 5.73 Å². The van der Waals surface area contributed by atoms with Gasteiger partial charge in [-0.15, -0.1) is 0 Å². The molecule has 0 aromatic carbocycles. The van der Waals surface area contributed by atoms with E-state index in [-0.39, 0.29) is 4.99 Å². The van der Waals surface area contributed by atoms with Gasteiger partial charge in [0.25, 0.3) is 0 Å². The molecule has 98 valence electrons. The first-order chi connectivity index (χ1) is 8.75. The van der Waals surface area contributed by atoms with Gasteiger partial charge in [0.05, 0.1) is 12.4 Å². The average Bonchev–Trinajstić information content (AvgIpc) is 2.88. The fourth-order valence-corrected chi connectivity index (χ4v) is 2.18. The summed E-state index contributed by atoms with van der Waals surface area (Å²) in [6.45, 7) is 4.58. The van der Waals surface area contributed by atoms with Crippen LogP contribution in [0.2, 0.25) is 0 Å². The van der Waals surface area contributed by atoms with Crippen LogP contribution in [0.25, 0.3) is 0 Å². The summed E-state index contributed by atoms with van der Waals surface area (Å²) < 4.78 is 0. The fourth-order valence-electron chi connectivity index (χ4n) is 2.07. The highest BCUT2D eigenvalue weighted by Gasteiger charge is 2.10. The summed E-state index contributed by atoms with van der Waals surface area (Å²) in [6, 6.07) is 0. The van der Waals surface area contributed by atoms with E-state index in [1.807, 2.05) is 0 Å². The number of likely N-dealkylation sites (tertiary alicyclic amines) is 1. The molecular formula is C12H19N5S. The van der Waals surface area contributed by atoms with Crippen molar-refractivity contribution < 1.29 is 0 Å². The lowest BCUT2D eigenvalue weighted by molar-refractivity contribution is 0.337. The molecule has 1 aromatic heterocycles. The monoisotopic (exact) mass is 265 g/mol. The highest BCUT2D eigenvalue weighted by Crippen LogP contribution is 2.07. The predicted octanol–water partition coefficient (Wildman–Crippen LogP) is 1.01. The Morgan fingerprint density at radius 3 is 2.72 bits per heavy atom. The number of hydrogen-bond donors (Lipinski definition) is 2. The SMILES string of the molecule is NC(=S)c1cnc(NCCCN2CCCC2)cn1. The van der Waals surface area contributed by atoms with E-state index in [2.05, 4.69) is 20.2 Å². The van der Waals surface area contributed by atoms with Gasteiger partial charge in [-0.1, -0.05) is 12.2 Å². The summed E-state index contributed by atoms with van der Waals surface area (Å²) in [5.41, 5.74) is 6.02. The molecule has 0 unspecified atom stereocenters. The Bertz CT molecular complexity index is 386. The number of nitrogens with zero attached hydrogens (tertiary/aromatic N) is 3. The Morgan fingerprint density at radius 2 is 2.11 bits per heavy atom. The molecule has 2 heterocycles. The third-order valence-corrected chi connectivity index (χ3v) is 3.27. The quantitative estimate of drug-likeness (QED) is 0.591. The van der Waals surface area contributed by atoms with Crippen LogP contribution in [-0.2, 0) is 0 Å². The molecule has 18 heavy (non-hydrogen) atoms. The van der Waals surface area contributed by atoms with Crippen molar-refractivity contribution in [1.29, 1.82) is 0 Å². The molecule has 1 aliphatic rings. The van der Waals surface area contributed by atoms with Gasteiger partial charge in [-0.25, -0.2) is 9.97 Å². The topological polar surface area (TPSA) is 67.1 Å². The normalized spacial score (nSPS) is 15.8. The van der Waals surface area contributed by atoms with Gasteiger partial charge in [-0.2, -0.15) is 0 Å². The van der Waals surface area contributed by atoms with E-state index in [0.717, 1.165) is 25.3 Å². The lowest BCUT2D eigenvalue weighted by atomic mass is 10.4. The summed E-state index contributed by atoms with van der Waals surface area (Å²) in [5, 5.41) is 3.25. The van der Waals surface area contributed by atoms with Crippen molar-refractivity contribution in [2.45, 2.75) is 19.3 Å². The molecule has 0 amide bonds. The molecule has 0 bridgehead atoms. The number of hydrogen-bond acceptors (Lipinski definition) is 5. The molecule has 0 saturated carbocycles. The van der Waals surface area contributed by atoms with E-state index >= 15 is 0 Å². The van der Waals surface area contributed by atoms with E-state index < -0.39 is 0 Å². The molecule has 0 atom stereocenters. The lowest BCUT2D eigenvalue weighted by Gasteiger charge is -2.14. The van der Waals surface area contributed by atoms with Crippen molar-refractivity contribution in [3.8, 4) is 0 Å². The van der Waals surface area contributed by atoms with E-state index in [1.54, 1.807) is 12.4 Å². The number of aromatic nitrogens is 2. The molecule has 0 radical (unpaired) electrons. The molecule has 5 nitrogen and oxygen atoms in total. The van der Waals surface area contributed by atoms with Gasteiger partial charge in [-0.05, 0) is 38.9 Å². The number of thiocarbonyl (C=S) groups is 1. The maximum Gasteiger partial charge on any atom is 0.144 e. The van der Waals surface area contributed by atoms with Gasteiger partial charge in [0.2, 0.25) is 0 Å². The van der Waals surface area contributed by atoms with E-state index in [1.165, 1.54) is 25.9 Å². The molecule has 1 saturated heterocycles. The maximum atomic E-state index is 5.46. The van der Waals surface area contributed by atoms with Gasteiger partial charge in [0, 0.05) is 6.54 Å². The summed E-state index contributed by atoms with van der Waals surface area (Å²) in [7, 11) is 0. The van der Waals surface area contributed by atoms with E-state index in [9.17, 15) is 0 Å². The van der Waals surface area contributed by atoms with Crippen molar-refractivity contribution in [3.63, 3.8) is 0 Å². The minimum absolute atomic E-state index is 0.281. The Morgan fingerprint density at radius 1 is 1.33 bits per heavy atom. The third kappa shape index (κ3) is 3.89. The molecule has 0 spiro atoms. The molecule has 3 N–H and O–H groups in total. The Kier molecular flexibility index (Phi) is 4.83. The maximum absolute atomic E-state index is 5.46. The smallest absolute Gasteiger partial charge is 0.144 e. The molecule has 1 fully saturated rings. The highest BCUT2D eigenvalue weighted by atomic mass is 32.1. The standard InChI is InChI=1S/C12H19N5S/c13-12(18)10-8-16-11(9-15-10)14-4-3-7-17-5-1-2-6-17/h8-9H,1-7H2,(H2,13,18)(H,14,16). The van der Waals surface area contributed by atoms with Crippen molar-refractivity contribution in [1.82, 2.24) is 14.9 Å². The van der Waals surface area contributed by atoms with E-state index in [4.69, 9.17) is 18.0 Å². The summed E-state index contributed by atoms with van der Waals surface area (Å²) in [4.78, 5) is 11.1. The van der Waals surface area contributed by atoms with Crippen LogP contribution < -0.4 is 11.1 Å². The first-order valence-corrected chi connectivity index (χ1v) is 6.74. The van der Waals surface area contributed by atoms with Crippen LogP contribution in [0.5, 0.6) is 0 Å². The van der Waals surface area contributed by atoms with Crippen LogP contribution in [0, 0.1) is 0 Å². The number of anilines is 1. The van der Waals surface area contributed by atoms with Crippen LogP contribution >= 0.6 is 12.2 Å². The van der Waals surface area contributed by atoms with Crippen LogP contribution in [0.4, 0.5) is 5.82 Å². The molecule has 2 rings (SSSR count).